The van der Waals surface area contributed by atoms with Gasteiger partial charge < -0.3 is 19.5 Å². The van der Waals surface area contributed by atoms with Crippen molar-refractivity contribution in [3.8, 4) is 5.75 Å². The van der Waals surface area contributed by atoms with Gasteiger partial charge in [0.05, 0.1) is 5.69 Å². The maximum absolute atomic E-state index is 11.7. The fourth-order valence-corrected chi connectivity index (χ4v) is 5.08. The molecule has 3 aromatic carbocycles. The summed E-state index contributed by atoms with van der Waals surface area (Å²) >= 11 is 1.69. The normalized spacial score (nSPS) is 14.5. The quantitative estimate of drug-likeness (QED) is 0.441. The second-order valence-electron chi connectivity index (χ2n) is 8.34. The molecule has 1 aromatic heterocycles. The number of H-pyrrole nitrogens is 1. The number of pyridine rings is 1. The number of anilines is 1. The number of nitrogens with one attached hydrogen (secondary N) is 1. The van der Waals surface area contributed by atoms with Gasteiger partial charge in [-0.2, -0.15) is 0 Å². The number of aromatic nitrogens is 1. The van der Waals surface area contributed by atoms with E-state index >= 15 is 0 Å². The van der Waals surface area contributed by atoms with E-state index < -0.39 is 0 Å². The first-order valence-corrected chi connectivity index (χ1v) is 12.0. The van der Waals surface area contributed by atoms with Crippen molar-refractivity contribution in [3.05, 3.63) is 94.8 Å². The molecule has 4 aromatic rings. The van der Waals surface area contributed by atoms with Gasteiger partial charge in [0, 0.05) is 52.9 Å². The summed E-state index contributed by atoms with van der Waals surface area (Å²) in [5, 5.41) is 1.04. The van der Waals surface area contributed by atoms with Gasteiger partial charge in [-0.1, -0.05) is 48.2 Å². The molecule has 0 bridgehead atoms. The van der Waals surface area contributed by atoms with E-state index in [1.165, 1.54) is 0 Å². The second-order valence-corrected chi connectivity index (χ2v) is 9.45. The smallest absolute Gasteiger partial charge is 0.248 e. The number of hydrogen-bond acceptors (Lipinski definition) is 5. The molecule has 33 heavy (non-hydrogen) atoms. The molecule has 1 saturated heterocycles. The molecule has 0 aliphatic carbocycles. The van der Waals surface area contributed by atoms with Crippen molar-refractivity contribution in [2.45, 2.75) is 16.4 Å². The highest BCUT2D eigenvalue weighted by Crippen LogP contribution is 2.38. The molecule has 0 spiro atoms. The summed E-state index contributed by atoms with van der Waals surface area (Å²) in [6.45, 7) is 4.60. The Kier molecular flexibility index (Phi) is 6.37. The lowest BCUT2D eigenvalue weighted by Crippen LogP contribution is -2.44. The van der Waals surface area contributed by atoms with Gasteiger partial charge in [-0.05, 0) is 49.0 Å². The Balaban J connectivity index is 1.45. The van der Waals surface area contributed by atoms with Crippen LogP contribution in [-0.2, 0) is 6.61 Å². The van der Waals surface area contributed by atoms with Gasteiger partial charge in [0.25, 0.3) is 0 Å². The van der Waals surface area contributed by atoms with Crippen LogP contribution in [0.3, 0.4) is 0 Å². The molecule has 6 heteroatoms. The van der Waals surface area contributed by atoms with Crippen LogP contribution in [0.5, 0.6) is 5.75 Å². The van der Waals surface area contributed by atoms with E-state index in [2.05, 4.69) is 58.2 Å². The summed E-state index contributed by atoms with van der Waals surface area (Å²) in [4.78, 5) is 21.6. The second kappa shape index (κ2) is 9.73. The Labute approximate surface area is 198 Å². The molecule has 1 N–H and O–H groups in total. The third kappa shape index (κ3) is 5.07. The van der Waals surface area contributed by atoms with E-state index in [0.29, 0.717) is 6.61 Å². The fraction of sp³-hybridized carbons (Fsp3) is 0.222. The van der Waals surface area contributed by atoms with Gasteiger partial charge >= 0.3 is 0 Å². The van der Waals surface area contributed by atoms with Gasteiger partial charge in [0.2, 0.25) is 5.56 Å². The van der Waals surface area contributed by atoms with Gasteiger partial charge in [0.1, 0.15) is 12.4 Å². The highest BCUT2D eigenvalue weighted by Gasteiger charge is 2.19. The van der Waals surface area contributed by atoms with Crippen LogP contribution in [0.1, 0.15) is 5.56 Å². The molecule has 0 amide bonds. The molecule has 5 rings (SSSR count). The topological polar surface area (TPSA) is 48.6 Å². The molecule has 0 atom stereocenters. The number of fused-ring (bicyclic) bond motifs is 1. The third-order valence-corrected chi connectivity index (χ3v) is 7.03. The first kappa shape index (κ1) is 21.6. The summed E-state index contributed by atoms with van der Waals surface area (Å²) in [7, 11) is 2.17. The monoisotopic (exact) mass is 457 g/mol. The van der Waals surface area contributed by atoms with Crippen LogP contribution < -0.4 is 15.2 Å². The average Bonchev–Trinajstić information content (AvgIpc) is 2.84. The largest absolute Gasteiger partial charge is 0.487 e. The van der Waals surface area contributed by atoms with Crippen LogP contribution in [0.15, 0.2) is 93.4 Å². The van der Waals surface area contributed by atoms with Crippen LogP contribution in [0.4, 0.5) is 5.69 Å². The van der Waals surface area contributed by atoms with Crippen molar-refractivity contribution in [1.29, 1.82) is 0 Å². The maximum Gasteiger partial charge on any atom is 0.248 e. The van der Waals surface area contributed by atoms with Crippen LogP contribution in [0, 0.1) is 0 Å². The Morgan fingerprint density at radius 2 is 1.73 bits per heavy atom. The number of benzene rings is 3. The van der Waals surface area contributed by atoms with Gasteiger partial charge in [-0.15, -0.1) is 0 Å². The highest BCUT2D eigenvalue weighted by atomic mass is 32.2. The molecule has 0 saturated carbocycles. The van der Waals surface area contributed by atoms with Crippen LogP contribution in [-0.4, -0.2) is 43.1 Å². The number of aromatic amines is 1. The first-order chi connectivity index (χ1) is 16.2. The lowest BCUT2D eigenvalue weighted by molar-refractivity contribution is 0.296. The summed E-state index contributed by atoms with van der Waals surface area (Å²) < 4.78 is 6.37. The Bertz CT molecular complexity index is 1300. The van der Waals surface area contributed by atoms with E-state index in [0.717, 1.165) is 63.9 Å². The lowest BCUT2D eigenvalue weighted by Gasteiger charge is -2.35. The number of nitrogens with zero attached hydrogens (tertiary/aromatic N) is 2. The minimum atomic E-state index is -0.0854. The molecule has 1 aliphatic heterocycles. The average molecular weight is 458 g/mol. The summed E-state index contributed by atoms with van der Waals surface area (Å²) in [6, 6.07) is 26.2. The highest BCUT2D eigenvalue weighted by molar-refractivity contribution is 7.99. The van der Waals surface area contributed by atoms with Crippen LogP contribution in [0.25, 0.3) is 10.9 Å². The summed E-state index contributed by atoms with van der Waals surface area (Å²) in [5.74, 6) is 0.905. The minimum absolute atomic E-state index is 0.0854. The molecule has 1 aliphatic rings. The van der Waals surface area contributed by atoms with Crippen molar-refractivity contribution in [1.82, 2.24) is 9.88 Å². The molecular weight excluding hydrogens is 430 g/mol. The van der Waals surface area contributed by atoms with E-state index in [4.69, 9.17) is 4.74 Å². The lowest BCUT2D eigenvalue weighted by atomic mass is 10.2. The summed E-state index contributed by atoms with van der Waals surface area (Å²) in [5.41, 5.74) is 3.06. The first-order valence-electron chi connectivity index (χ1n) is 11.2. The SMILES string of the molecule is CN1CCN(c2ccc(Sc3cccc4[nH]c(=O)ccc34)cc2OCc2ccccc2)CC1. The van der Waals surface area contributed by atoms with E-state index in [9.17, 15) is 4.79 Å². The predicted octanol–water partition coefficient (Wildman–Crippen LogP) is 5.01. The van der Waals surface area contributed by atoms with Crippen molar-refractivity contribution in [3.63, 3.8) is 0 Å². The van der Waals surface area contributed by atoms with Crippen LogP contribution in [0.2, 0.25) is 0 Å². The third-order valence-electron chi connectivity index (χ3n) is 5.97. The molecule has 0 unspecified atom stereocenters. The van der Waals surface area contributed by atoms with Crippen molar-refractivity contribution < 1.29 is 4.74 Å². The Morgan fingerprint density at radius 3 is 2.55 bits per heavy atom. The number of rotatable bonds is 6. The molecule has 168 valence electrons. The number of piperazine rings is 1. The molecule has 1 fully saturated rings. The van der Waals surface area contributed by atoms with Crippen molar-refractivity contribution >= 4 is 28.4 Å². The fourth-order valence-electron chi connectivity index (χ4n) is 4.09. The number of hydrogen-bond donors (Lipinski definition) is 1. The van der Waals surface area contributed by atoms with Crippen LogP contribution >= 0.6 is 11.8 Å². The standard InChI is InChI=1S/C27H27N3O2S/c1-29-14-16-30(17-15-29)24-12-10-21(18-25(24)32-19-20-6-3-2-4-7-20)33-26-9-5-8-23-22(26)11-13-27(31)28-23/h2-13,18H,14-17,19H2,1H3,(H,28,31). The molecular formula is C27H27N3O2S. The Hall–Kier alpha value is -3.22. The minimum Gasteiger partial charge on any atom is -0.487 e. The van der Waals surface area contributed by atoms with Crippen molar-refractivity contribution in [2.24, 2.45) is 0 Å². The Morgan fingerprint density at radius 1 is 0.909 bits per heavy atom. The van der Waals surface area contributed by atoms with Gasteiger partial charge in [-0.25, -0.2) is 0 Å². The predicted molar refractivity (Wildman–Crippen MR) is 136 cm³/mol. The molecule has 5 nitrogen and oxygen atoms in total. The van der Waals surface area contributed by atoms with Crippen molar-refractivity contribution in [2.75, 3.05) is 38.1 Å². The zero-order valence-corrected chi connectivity index (χ0v) is 19.5. The van der Waals surface area contributed by atoms with E-state index in [1.54, 1.807) is 17.8 Å². The zero-order chi connectivity index (χ0) is 22.6. The van der Waals surface area contributed by atoms with E-state index in [-0.39, 0.29) is 5.56 Å². The molecule has 0 radical (unpaired) electrons. The van der Waals surface area contributed by atoms with E-state index in [1.807, 2.05) is 36.4 Å². The zero-order valence-electron chi connectivity index (χ0n) is 18.7. The molecule has 2 heterocycles. The van der Waals surface area contributed by atoms with Gasteiger partial charge in [-0.3, -0.25) is 4.79 Å². The summed E-state index contributed by atoms with van der Waals surface area (Å²) in [6.07, 6.45) is 0. The maximum atomic E-state index is 11.7. The van der Waals surface area contributed by atoms with Gasteiger partial charge in [0.15, 0.2) is 0 Å². The number of likely N-dealkylation sites (N-methyl/N-ethyl adjacent to an activating group) is 1. The number of ether oxygens (including phenoxy) is 1.